The lowest BCUT2D eigenvalue weighted by Gasteiger charge is -2.12. The van der Waals surface area contributed by atoms with E-state index in [1.54, 1.807) is 10.6 Å². The molecule has 0 amide bonds. The van der Waals surface area contributed by atoms with Crippen LogP contribution in [0.4, 0.5) is 0 Å². The van der Waals surface area contributed by atoms with Gasteiger partial charge < -0.3 is 4.42 Å². The van der Waals surface area contributed by atoms with Gasteiger partial charge in [-0.1, -0.05) is 46.3 Å². The van der Waals surface area contributed by atoms with Gasteiger partial charge in [-0.05, 0) is 30.4 Å². The fourth-order valence-corrected chi connectivity index (χ4v) is 3.11. The summed E-state index contributed by atoms with van der Waals surface area (Å²) in [5.41, 5.74) is 1.29. The van der Waals surface area contributed by atoms with E-state index in [-0.39, 0.29) is 16.9 Å². The number of nitrogens with one attached hydrogen (secondary N) is 1. The molecule has 0 aliphatic rings. The highest BCUT2D eigenvalue weighted by Gasteiger charge is 2.15. The van der Waals surface area contributed by atoms with E-state index in [1.807, 2.05) is 42.5 Å². The molecular weight excluding hydrogens is 404 g/mol. The van der Waals surface area contributed by atoms with Gasteiger partial charge in [0.2, 0.25) is 5.89 Å². The molecule has 0 unspecified atom stereocenters. The highest BCUT2D eigenvalue weighted by Crippen LogP contribution is 2.21. The molecule has 124 valence electrons. The minimum absolute atomic E-state index is 0.131. The summed E-state index contributed by atoms with van der Waals surface area (Å²) in [5, 5.41) is 7.08. The number of rotatable bonds is 3. The van der Waals surface area contributed by atoms with E-state index in [0.717, 1.165) is 10.0 Å². The first kappa shape index (κ1) is 15.9. The number of hydrogen-bond donors (Lipinski definition) is 1. The van der Waals surface area contributed by atoms with Crippen molar-refractivity contribution >= 4 is 39.1 Å². The van der Waals surface area contributed by atoms with Gasteiger partial charge in [0.25, 0.3) is 10.4 Å². The quantitative estimate of drug-likeness (QED) is 0.514. The Morgan fingerprint density at radius 2 is 2.00 bits per heavy atom. The maximum atomic E-state index is 13.1. The molecule has 0 fully saturated rings. The summed E-state index contributed by atoms with van der Waals surface area (Å²) < 4.78 is 7.68. The molecule has 0 saturated carbocycles. The summed E-state index contributed by atoms with van der Waals surface area (Å²) in [5.74, 6) is 0.866. The molecule has 0 radical (unpaired) electrons. The Labute approximate surface area is 155 Å². The molecule has 0 atom stereocenters. The van der Waals surface area contributed by atoms with Crippen LogP contribution in [0, 0.1) is 4.84 Å². The lowest BCUT2D eigenvalue weighted by Crippen LogP contribution is -2.24. The van der Waals surface area contributed by atoms with Crippen LogP contribution in [-0.2, 0) is 6.54 Å². The molecule has 0 saturated heterocycles. The molecule has 0 aliphatic heterocycles. The second-order valence-electron chi connectivity index (χ2n) is 5.36. The van der Waals surface area contributed by atoms with Crippen molar-refractivity contribution in [3.8, 4) is 11.4 Å². The average Bonchev–Trinajstić information content (AvgIpc) is 3.03. The first-order valence-corrected chi connectivity index (χ1v) is 8.62. The van der Waals surface area contributed by atoms with E-state index >= 15 is 0 Å². The molecule has 6 nitrogen and oxygen atoms in total. The zero-order valence-electron chi connectivity index (χ0n) is 12.8. The molecule has 0 bridgehead atoms. The Hall–Kier alpha value is -2.58. The third kappa shape index (κ3) is 3.06. The molecule has 4 aromatic rings. The van der Waals surface area contributed by atoms with E-state index in [1.165, 1.54) is 0 Å². The molecular formula is C17H11BrN4O2S. The summed E-state index contributed by atoms with van der Waals surface area (Å²) in [7, 11) is 0. The number of halogens is 1. The van der Waals surface area contributed by atoms with Crippen molar-refractivity contribution in [2.75, 3.05) is 0 Å². The highest BCUT2D eigenvalue weighted by atomic mass is 79.9. The third-order valence-corrected chi connectivity index (χ3v) is 4.39. The summed E-state index contributed by atoms with van der Waals surface area (Å²) in [6.45, 7) is 0.131. The maximum Gasteiger partial charge on any atom is 0.284 e. The van der Waals surface area contributed by atoms with E-state index in [0.29, 0.717) is 22.6 Å². The van der Waals surface area contributed by atoms with Crippen molar-refractivity contribution < 1.29 is 4.42 Å². The largest absolute Gasteiger partial charge is 0.412 e. The van der Waals surface area contributed by atoms with Crippen molar-refractivity contribution in [1.29, 1.82) is 0 Å². The zero-order chi connectivity index (χ0) is 17.4. The van der Waals surface area contributed by atoms with E-state index in [4.69, 9.17) is 16.6 Å². The van der Waals surface area contributed by atoms with Crippen molar-refractivity contribution in [3.05, 3.63) is 74.1 Å². The Morgan fingerprint density at radius 1 is 1.20 bits per heavy atom. The van der Waals surface area contributed by atoms with Gasteiger partial charge in [0.1, 0.15) is 12.4 Å². The van der Waals surface area contributed by atoms with Crippen LogP contribution in [0.5, 0.6) is 0 Å². The van der Waals surface area contributed by atoms with Crippen LogP contribution in [0.1, 0.15) is 5.89 Å². The smallest absolute Gasteiger partial charge is 0.284 e. The predicted octanol–water partition coefficient (Wildman–Crippen LogP) is 3.92. The Balaban J connectivity index is 2.00. The number of fused-ring (bicyclic) bond motifs is 1. The van der Waals surface area contributed by atoms with E-state index < -0.39 is 0 Å². The summed E-state index contributed by atoms with van der Waals surface area (Å²) in [6, 6.07) is 15.0. The Morgan fingerprint density at radius 3 is 2.72 bits per heavy atom. The van der Waals surface area contributed by atoms with Crippen LogP contribution in [-0.4, -0.2) is 19.7 Å². The number of H-pyrrole nitrogens is 1. The van der Waals surface area contributed by atoms with Gasteiger partial charge in [0, 0.05) is 10.0 Å². The second-order valence-corrected chi connectivity index (χ2v) is 6.65. The molecule has 2 aromatic heterocycles. The van der Waals surface area contributed by atoms with Crippen LogP contribution in [0.2, 0.25) is 0 Å². The number of aromatic nitrogens is 4. The monoisotopic (exact) mass is 414 g/mol. The first-order valence-electron chi connectivity index (χ1n) is 7.42. The molecule has 2 heterocycles. The minimum atomic E-state index is -0.172. The van der Waals surface area contributed by atoms with Crippen LogP contribution < -0.4 is 5.56 Å². The summed E-state index contributed by atoms with van der Waals surface area (Å²) >= 11 is 8.31. The second kappa shape index (κ2) is 6.38. The van der Waals surface area contributed by atoms with Crippen LogP contribution in [0.3, 0.4) is 0 Å². The average molecular weight is 415 g/mol. The molecule has 0 spiro atoms. The fourth-order valence-electron chi connectivity index (χ4n) is 2.61. The maximum absolute atomic E-state index is 13.1. The lowest BCUT2D eigenvalue weighted by molar-refractivity contribution is 0.463. The van der Waals surface area contributed by atoms with Gasteiger partial charge in [-0.25, -0.2) is 10.1 Å². The van der Waals surface area contributed by atoms with Gasteiger partial charge in [0.15, 0.2) is 0 Å². The van der Waals surface area contributed by atoms with E-state index in [9.17, 15) is 4.79 Å². The SMILES string of the molecule is O=c1c2cc(Br)ccc2nc(-c2ccccc2)n1Cc1n[nH]c(=S)o1. The Bertz CT molecular complexity index is 1180. The van der Waals surface area contributed by atoms with Gasteiger partial charge in [-0.3, -0.25) is 9.36 Å². The molecule has 2 aromatic carbocycles. The standard InChI is InChI=1S/C17H11BrN4O2S/c18-11-6-7-13-12(8-11)16(23)22(9-14-20-21-17(25)24-14)15(19-13)10-4-2-1-3-5-10/h1-8H,9H2,(H,21,25). The zero-order valence-corrected chi connectivity index (χ0v) is 15.2. The van der Waals surface area contributed by atoms with Crippen LogP contribution in [0.25, 0.3) is 22.3 Å². The van der Waals surface area contributed by atoms with Crippen molar-refractivity contribution in [2.45, 2.75) is 6.54 Å². The van der Waals surface area contributed by atoms with Gasteiger partial charge in [-0.2, -0.15) is 0 Å². The van der Waals surface area contributed by atoms with E-state index in [2.05, 4.69) is 31.1 Å². The molecule has 8 heteroatoms. The third-order valence-electron chi connectivity index (χ3n) is 3.72. The van der Waals surface area contributed by atoms with Crippen molar-refractivity contribution in [1.82, 2.24) is 19.7 Å². The predicted molar refractivity (Wildman–Crippen MR) is 99.9 cm³/mol. The van der Waals surface area contributed by atoms with Gasteiger partial charge in [0.05, 0.1) is 10.9 Å². The van der Waals surface area contributed by atoms with Crippen LogP contribution in [0.15, 0.2) is 62.2 Å². The molecule has 4 rings (SSSR count). The summed E-state index contributed by atoms with van der Waals surface area (Å²) in [6.07, 6.45) is 0. The van der Waals surface area contributed by atoms with Crippen molar-refractivity contribution in [3.63, 3.8) is 0 Å². The highest BCUT2D eigenvalue weighted by molar-refractivity contribution is 9.10. The summed E-state index contributed by atoms with van der Waals surface area (Å²) in [4.78, 5) is 17.9. The van der Waals surface area contributed by atoms with Crippen LogP contribution >= 0.6 is 28.1 Å². The Kier molecular flexibility index (Phi) is 4.06. The van der Waals surface area contributed by atoms with Crippen molar-refractivity contribution in [2.24, 2.45) is 0 Å². The number of nitrogens with zero attached hydrogens (tertiary/aromatic N) is 3. The minimum Gasteiger partial charge on any atom is -0.412 e. The fraction of sp³-hybridized carbons (Fsp3) is 0.0588. The number of aromatic amines is 1. The number of benzene rings is 2. The van der Waals surface area contributed by atoms with Gasteiger partial charge in [-0.15, -0.1) is 5.10 Å². The first-order chi connectivity index (χ1) is 12.1. The normalized spacial score (nSPS) is 11.1. The van der Waals surface area contributed by atoms with Gasteiger partial charge >= 0.3 is 0 Å². The molecule has 0 aliphatic carbocycles. The topological polar surface area (TPSA) is 76.7 Å². The lowest BCUT2D eigenvalue weighted by atomic mass is 10.2. The molecule has 25 heavy (non-hydrogen) atoms. The number of hydrogen-bond acceptors (Lipinski definition) is 5. The molecule has 1 N–H and O–H groups in total.